The van der Waals surface area contributed by atoms with Crippen molar-refractivity contribution >= 4 is 33.2 Å². The summed E-state index contributed by atoms with van der Waals surface area (Å²) in [5.41, 5.74) is 0.725. The predicted molar refractivity (Wildman–Crippen MR) is 66.9 cm³/mol. The summed E-state index contributed by atoms with van der Waals surface area (Å²) in [4.78, 5) is 8.88. The van der Waals surface area contributed by atoms with E-state index in [0.29, 0.717) is 10.0 Å². The van der Waals surface area contributed by atoms with Crippen LogP contribution in [0.2, 0.25) is 0 Å². The molecule has 0 fully saturated rings. The fraction of sp³-hybridized carbons (Fsp3) is 0.111. The van der Waals surface area contributed by atoms with Crippen LogP contribution in [0.3, 0.4) is 0 Å². The van der Waals surface area contributed by atoms with E-state index in [-0.39, 0.29) is 4.21 Å². The summed E-state index contributed by atoms with van der Waals surface area (Å²) in [6.45, 7) is 0. The molecule has 0 aliphatic carbocycles. The van der Waals surface area contributed by atoms with Crippen molar-refractivity contribution < 1.29 is 13.0 Å². The molecule has 0 radical (unpaired) electrons. The Hall–Kier alpha value is -0.960. The van der Waals surface area contributed by atoms with Gasteiger partial charge in [0.05, 0.1) is 0 Å². The van der Waals surface area contributed by atoms with Crippen LogP contribution in [0.25, 0.3) is 10.4 Å². The van der Waals surface area contributed by atoms with Crippen molar-refractivity contribution in [3.05, 3.63) is 24.5 Å². The third kappa shape index (κ3) is 2.83. The smallest absolute Gasteiger partial charge is 0.281 e. The first-order chi connectivity index (χ1) is 8.00. The van der Waals surface area contributed by atoms with Crippen molar-refractivity contribution in [2.75, 3.05) is 6.26 Å². The van der Waals surface area contributed by atoms with Gasteiger partial charge in [0.15, 0.2) is 5.16 Å². The molecule has 8 heteroatoms. The highest BCUT2D eigenvalue weighted by atomic mass is 32.3. The number of aromatic nitrogens is 2. The molecular formula is C9H8N2O3S3. The van der Waals surface area contributed by atoms with Crippen molar-refractivity contribution in [2.45, 2.75) is 9.37 Å². The third-order valence-corrected chi connectivity index (χ3v) is 4.96. The molecule has 0 unspecified atom stereocenters. The first kappa shape index (κ1) is 12.5. The Bertz CT molecular complexity index is 619. The van der Waals surface area contributed by atoms with Crippen LogP contribution in [0.4, 0.5) is 0 Å². The number of rotatable bonds is 3. The minimum absolute atomic E-state index is 0.0820. The van der Waals surface area contributed by atoms with Gasteiger partial charge in [-0.1, -0.05) is 11.8 Å². The predicted octanol–water partition coefficient (Wildman–Crippen LogP) is 2.17. The van der Waals surface area contributed by atoms with Gasteiger partial charge in [0.25, 0.3) is 0 Å². The molecule has 17 heavy (non-hydrogen) atoms. The minimum atomic E-state index is -4.13. The Balaban J connectivity index is 2.37. The van der Waals surface area contributed by atoms with Crippen LogP contribution < -0.4 is 0 Å². The molecule has 2 aromatic heterocycles. The van der Waals surface area contributed by atoms with Gasteiger partial charge in [-0.2, -0.15) is 8.42 Å². The average Bonchev–Trinajstić information content (AvgIpc) is 2.78. The quantitative estimate of drug-likeness (QED) is 0.529. The number of thioether (sulfide) groups is 1. The summed E-state index contributed by atoms with van der Waals surface area (Å²) in [5, 5.41) is 0.653. The summed E-state index contributed by atoms with van der Waals surface area (Å²) in [7, 11) is -4.13. The van der Waals surface area contributed by atoms with E-state index in [1.54, 1.807) is 18.5 Å². The molecule has 0 saturated carbocycles. The largest absolute Gasteiger partial charge is 0.304 e. The molecule has 0 amide bonds. The standard InChI is InChI=1S/C9H8N2O3S3/c1-15-9-10-4-6(5-11-9)7-2-3-8(16-7)17(12,13)14/h2-5H,1H3,(H,12,13,14). The first-order valence-electron chi connectivity index (χ1n) is 4.44. The molecule has 0 aliphatic heterocycles. The number of hydrogen-bond acceptors (Lipinski definition) is 6. The van der Waals surface area contributed by atoms with Crippen molar-refractivity contribution in [3.8, 4) is 10.4 Å². The molecule has 90 valence electrons. The summed E-state index contributed by atoms with van der Waals surface area (Å²) < 4.78 is 30.6. The van der Waals surface area contributed by atoms with Crippen molar-refractivity contribution in [2.24, 2.45) is 0 Å². The Morgan fingerprint density at radius 2 is 1.94 bits per heavy atom. The number of nitrogens with zero attached hydrogens (tertiary/aromatic N) is 2. The van der Waals surface area contributed by atoms with Crippen LogP contribution in [0.1, 0.15) is 0 Å². The molecule has 0 aromatic carbocycles. The van der Waals surface area contributed by atoms with Gasteiger partial charge in [0.1, 0.15) is 4.21 Å². The van der Waals surface area contributed by atoms with Crippen molar-refractivity contribution in [3.63, 3.8) is 0 Å². The van der Waals surface area contributed by atoms with Gasteiger partial charge in [-0.05, 0) is 18.4 Å². The molecule has 2 rings (SSSR count). The maximum absolute atomic E-state index is 10.9. The first-order valence-corrected chi connectivity index (χ1v) is 7.92. The van der Waals surface area contributed by atoms with Crippen molar-refractivity contribution in [1.29, 1.82) is 0 Å². The SMILES string of the molecule is CSc1ncc(-c2ccc(S(=O)(=O)O)s2)cn1. The van der Waals surface area contributed by atoms with Gasteiger partial charge in [-0.25, -0.2) is 9.97 Å². The lowest BCUT2D eigenvalue weighted by Gasteiger charge is -1.97. The lowest BCUT2D eigenvalue weighted by atomic mass is 10.3. The summed E-state index contributed by atoms with van der Waals surface area (Å²) in [6, 6.07) is 2.98. The monoisotopic (exact) mass is 288 g/mol. The van der Waals surface area contributed by atoms with Gasteiger partial charge in [-0.15, -0.1) is 11.3 Å². The van der Waals surface area contributed by atoms with E-state index in [2.05, 4.69) is 9.97 Å². The molecule has 1 N–H and O–H groups in total. The van der Waals surface area contributed by atoms with E-state index >= 15 is 0 Å². The van der Waals surface area contributed by atoms with Crippen LogP contribution >= 0.6 is 23.1 Å². The summed E-state index contributed by atoms with van der Waals surface area (Å²) in [6.07, 6.45) is 5.12. The van der Waals surface area contributed by atoms with Crippen molar-refractivity contribution in [1.82, 2.24) is 9.97 Å². The Morgan fingerprint density at radius 3 is 2.41 bits per heavy atom. The fourth-order valence-electron chi connectivity index (χ4n) is 1.16. The van der Waals surface area contributed by atoms with E-state index < -0.39 is 10.1 Å². The molecular weight excluding hydrogens is 280 g/mol. The zero-order valence-electron chi connectivity index (χ0n) is 8.69. The molecule has 0 spiro atoms. The second-order valence-corrected chi connectivity index (χ2v) is 6.56. The maximum atomic E-state index is 10.9. The highest BCUT2D eigenvalue weighted by Crippen LogP contribution is 2.30. The molecule has 0 bridgehead atoms. The van der Waals surface area contributed by atoms with E-state index in [0.717, 1.165) is 16.9 Å². The molecule has 0 aliphatic rings. The minimum Gasteiger partial charge on any atom is -0.281 e. The van der Waals surface area contributed by atoms with Gasteiger partial charge in [-0.3, -0.25) is 4.55 Å². The molecule has 0 atom stereocenters. The van der Waals surface area contributed by atoms with Crippen LogP contribution in [0.5, 0.6) is 0 Å². The van der Waals surface area contributed by atoms with Crippen LogP contribution in [0, 0.1) is 0 Å². The lowest BCUT2D eigenvalue weighted by Crippen LogP contribution is -1.93. The second kappa shape index (κ2) is 4.73. The maximum Gasteiger partial charge on any atom is 0.304 e. The zero-order valence-corrected chi connectivity index (χ0v) is 11.1. The highest BCUT2D eigenvalue weighted by molar-refractivity contribution is 7.98. The zero-order chi connectivity index (χ0) is 12.5. The molecule has 0 saturated heterocycles. The normalized spacial score (nSPS) is 11.6. The highest BCUT2D eigenvalue weighted by Gasteiger charge is 2.13. The topological polar surface area (TPSA) is 80.2 Å². The molecule has 5 nitrogen and oxygen atoms in total. The van der Waals surface area contributed by atoms with E-state index in [1.807, 2.05) is 6.26 Å². The number of hydrogen-bond donors (Lipinski definition) is 1. The van der Waals surface area contributed by atoms with Crippen LogP contribution in [-0.2, 0) is 10.1 Å². The summed E-state index contributed by atoms with van der Waals surface area (Å²) in [5.74, 6) is 0. The van der Waals surface area contributed by atoms with Gasteiger partial charge < -0.3 is 0 Å². The van der Waals surface area contributed by atoms with Gasteiger partial charge >= 0.3 is 10.1 Å². The summed E-state index contributed by atoms with van der Waals surface area (Å²) >= 11 is 2.41. The van der Waals surface area contributed by atoms with Gasteiger partial charge in [0, 0.05) is 22.8 Å². The lowest BCUT2D eigenvalue weighted by molar-refractivity contribution is 0.485. The van der Waals surface area contributed by atoms with Gasteiger partial charge in [0.2, 0.25) is 0 Å². The molecule has 2 heterocycles. The number of thiophene rings is 1. The third-order valence-electron chi connectivity index (χ3n) is 1.93. The molecule has 2 aromatic rings. The fourth-order valence-corrected chi connectivity index (χ4v) is 3.12. The van der Waals surface area contributed by atoms with E-state index in [9.17, 15) is 8.42 Å². The van der Waals surface area contributed by atoms with Crippen LogP contribution in [0.15, 0.2) is 33.9 Å². The Kier molecular flexibility index (Phi) is 3.48. The van der Waals surface area contributed by atoms with E-state index in [1.165, 1.54) is 17.8 Å². The van der Waals surface area contributed by atoms with E-state index in [4.69, 9.17) is 4.55 Å². The average molecular weight is 288 g/mol. The Morgan fingerprint density at radius 1 is 1.29 bits per heavy atom. The second-order valence-electron chi connectivity index (χ2n) is 3.05. The Labute approximate surface area is 107 Å². The van der Waals surface area contributed by atoms with Crippen LogP contribution in [-0.4, -0.2) is 29.2 Å².